The van der Waals surface area contributed by atoms with E-state index in [1.54, 1.807) is 13.8 Å². The van der Waals surface area contributed by atoms with E-state index in [1.807, 2.05) is 56.3 Å². The van der Waals surface area contributed by atoms with Crippen molar-refractivity contribution in [1.29, 1.82) is 0 Å². The van der Waals surface area contributed by atoms with Crippen LogP contribution in [-0.4, -0.2) is 11.8 Å². The Bertz CT molecular complexity index is 823. The van der Waals surface area contributed by atoms with Crippen molar-refractivity contribution in [3.05, 3.63) is 59.2 Å². The largest absolute Gasteiger partial charge is 0.325 e. The van der Waals surface area contributed by atoms with Crippen molar-refractivity contribution in [1.82, 2.24) is 0 Å². The Kier molecular flexibility index (Phi) is 5.86. The second-order valence-corrected chi connectivity index (χ2v) is 7.57. The number of hydrogen-bond acceptors (Lipinski definition) is 2. The molecule has 2 N–H and O–H groups in total. The number of rotatable bonds is 5. The van der Waals surface area contributed by atoms with E-state index in [0.717, 1.165) is 22.4 Å². The highest BCUT2D eigenvalue weighted by Crippen LogP contribution is 2.27. The number of benzene rings is 2. The number of hydrogen-bond donors (Lipinski definition) is 2. The summed E-state index contributed by atoms with van der Waals surface area (Å²) in [5.41, 5.74) is 3.54. The van der Waals surface area contributed by atoms with E-state index < -0.39 is 5.41 Å². The third kappa shape index (κ3) is 4.31. The molecule has 0 radical (unpaired) electrons. The summed E-state index contributed by atoms with van der Waals surface area (Å²) in [5, 5.41) is 5.77. The Morgan fingerprint density at radius 1 is 0.885 bits per heavy atom. The van der Waals surface area contributed by atoms with Crippen LogP contribution in [0.1, 0.15) is 50.3 Å². The normalized spacial score (nSPS) is 11.3. The molecular weight excluding hydrogens is 324 g/mol. The number of carbonyl (C=O) groups excluding carboxylic acids is 2. The molecule has 0 aromatic heterocycles. The molecule has 0 heterocycles. The van der Waals surface area contributed by atoms with E-state index in [-0.39, 0.29) is 17.7 Å². The van der Waals surface area contributed by atoms with Gasteiger partial charge in [-0.2, -0.15) is 0 Å². The van der Waals surface area contributed by atoms with Crippen molar-refractivity contribution >= 4 is 23.2 Å². The fourth-order valence-corrected chi connectivity index (χ4v) is 2.60. The molecule has 2 aromatic carbocycles. The van der Waals surface area contributed by atoms with E-state index in [0.29, 0.717) is 5.69 Å². The molecule has 0 aliphatic rings. The first kappa shape index (κ1) is 19.7. The summed E-state index contributed by atoms with van der Waals surface area (Å²) < 4.78 is 0. The van der Waals surface area contributed by atoms with E-state index in [4.69, 9.17) is 0 Å². The Balaban J connectivity index is 2.16. The number of amides is 2. The fraction of sp³-hybridized carbons (Fsp3) is 0.364. The average molecular weight is 352 g/mol. The van der Waals surface area contributed by atoms with Crippen LogP contribution in [0.2, 0.25) is 0 Å². The van der Waals surface area contributed by atoms with Gasteiger partial charge >= 0.3 is 0 Å². The molecule has 2 amide bonds. The van der Waals surface area contributed by atoms with Crippen LogP contribution in [0.15, 0.2) is 42.5 Å². The van der Waals surface area contributed by atoms with Gasteiger partial charge in [-0.3, -0.25) is 9.59 Å². The second kappa shape index (κ2) is 7.73. The summed E-state index contributed by atoms with van der Waals surface area (Å²) >= 11 is 0. The maximum atomic E-state index is 12.8. The van der Waals surface area contributed by atoms with Crippen molar-refractivity contribution in [2.45, 2.75) is 47.5 Å². The highest BCUT2D eigenvalue weighted by Gasteiger charge is 2.36. The van der Waals surface area contributed by atoms with Gasteiger partial charge in [0, 0.05) is 11.4 Å². The van der Waals surface area contributed by atoms with Gasteiger partial charge in [-0.25, -0.2) is 0 Å². The van der Waals surface area contributed by atoms with Gasteiger partial charge in [0.2, 0.25) is 11.8 Å². The lowest BCUT2D eigenvalue weighted by atomic mass is 9.90. The molecule has 0 unspecified atom stereocenters. The summed E-state index contributed by atoms with van der Waals surface area (Å²) in [5.74, 6) is -0.383. The Labute approximate surface area is 156 Å². The zero-order chi connectivity index (χ0) is 19.5. The quantitative estimate of drug-likeness (QED) is 0.742. The summed E-state index contributed by atoms with van der Waals surface area (Å²) in [6.07, 6.45) is 0. The topological polar surface area (TPSA) is 58.2 Å². The molecule has 0 fully saturated rings. The lowest BCUT2D eigenvalue weighted by Gasteiger charge is -2.24. The lowest BCUT2D eigenvalue weighted by Crippen LogP contribution is -2.41. The molecule has 2 aromatic rings. The van der Waals surface area contributed by atoms with E-state index in [9.17, 15) is 9.59 Å². The number of carbonyl (C=O) groups is 2. The van der Waals surface area contributed by atoms with E-state index in [2.05, 4.69) is 24.5 Å². The highest BCUT2D eigenvalue weighted by molar-refractivity contribution is 6.14. The van der Waals surface area contributed by atoms with E-state index in [1.165, 1.54) is 0 Å². The minimum absolute atomic E-state index is 0.277. The molecule has 138 valence electrons. The molecule has 2 rings (SSSR count). The maximum Gasteiger partial charge on any atom is 0.239 e. The SMILES string of the molecule is Cc1ccc(NC(=O)C(C)(C)C(=O)Nc2ccccc2C(C)C)cc1C. The van der Waals surface area contributed by atoms with Crippen LogP contribution in [0.3, 0.4) is 0 Å². The van der Waals surface area contributed by atoms with Gasteiger partial charge in [-0.05, 0) is 68.5 Å². The van der Waals surface area contributed by atoms with Crippen molar-refractivity contribution in [3.8, 4) is 0 Å². The van der Waals surface area contributed by atoms with Crippen LogP contribution in [0, 0.1) is 19.3 Å². The van der Waals surface area contributed by atoms with Gasteiger partial charge in [-0.15, -0.1) is 0 Å². The molecule has 26 heavy (non-hydrogen) atoms. The monoisotopic (exact) mass is 352 g/mol. The zero-order valence-corrected chi connectivity index (χ0v) is 16.4. The fourth-order valence-electron chi connectivity index (χ4n) is 2.60. The van der Waals surface area contributed by atoms with Gasteiger partial charge in [-0.1, -0.05) is 38.1 Å². The molecule has 0 atom stereocenters. The molecule has 0 aliphatic heterocycles. The van der Waals surface area contributed by atoms with Crippen LogP contribution < -0.4 is 10.6 Å². The van der Waals surface area contributed by atoms with Gasteiger partial charge in [0.05, 0.1) is 0 Å². The predicted octanol–water partition coefficient (Wildman–Crippen LogP) is 5.03. The first-order valence-electron chi connectivity index (χ1n) is 8.92. The summed E-state index contributed by atoms with van der Waals surface area (Å²) in [6, 6.07) is 13.4. The maximum absolute atomic E-state index is 12.8. The van der Waals surface area contributed by atoms with Crippen LogP contribution >= 0.6 is 0 Å². The molecular formula is C22H28N2O2. The standard InChI is InChI=1S/C22H28N2O2/c1-14(2)18-9-7-8-10-19(18)24-21(26)22(5,6)20(25)23-17-12-11-15(3)16(4)13-17/h7-14H,1-6H3,(H,23,25)(H,24,26). The molecule has 4 heteroatoms. The minimum Gasteiger partial charge on any atom is -0.325 e. The van der Waals surface area contributed by atoms with Crippen LogP contribution in [0.5, 0.6) is 0 Å². The van der Waals surface area contributed by atoms with E-state index >= 15 is 0 Å². The highest BCUT2D eigenvalue weighted by atomic mass is 16.2. The number of anilines is 2. The smallest absolute Gasteiger partial charge is 0.239 e. The Morgan fingerprint density at radius 3 is 2.12 bits per heavy atom. The Morgan fingerprint density at radius 2 is 1.50 bits per heavy atom. The number of aryl methyl sites for hydroxylation is 2. The van der Waals surface area contributed by atoms with Crippen LogP contribution in [0.25, 0.3) is 0 Å². The Hall–Kier alpha value is -2.62. The van der Waals surface area contributed by atoms with Crippen LogP contribution in [-0.2, 0) is 9.59 Å². The first-order valence-corrected chi connectivity index (χ1v) is 8.92. The average Bonchev–Trinajstić information content (AvgIpc) is 2.58. The van der Waals surface area contributed by atoms with Crippen molar-refractivity contribution < 1.29 is 9.59 Å². The van der Waals surface area contributed by atoms with Gasteiger partial charge in [0.15, 0.2) is 0 Å². The van der Waals surface area contributed by atoms with Gasteiger partial charge in [0.1, 0.15) is 5.41 Å². The predicted molar refractivity (Wildman–Crippen MR) is 107 cm³/mol. The lowest BCUT2D eigenvalue weighted by molar-refractivity contribution is -0.135. The summed E-state index contributed by atoms with van der Waals surface area (Å²) in [4.78, 5) is 25.5. The molecule has 0 bridgehead atoms. The molecule has 0 aliphatic carbocycles. The summed E-state index contributed by atoms with van der Waals surface area (Å²) in [6.45, 7) is 11.4. The van der Waals surface area contributed by atoms with Crippen molar-refractivity contribution in [2.24, 2.45) is 5.41 Å². The van der Waals surface area contributed by atoms with Gasteiger partial charge in [0.25, 0.3) is 0 Å². The van der Waals surface area contributed by atoms with Crippen molar-refractivity contribution in [2.75, 3.05) is 10.6 Å². The first-order chi connectivity index (χ1) is 12.1. The molecule has 4 nitrogen and oxygen atoms in total. The minimum atomic E-state index is -1.21. The third-order valence-electron chi connectivity index (χ3n) is 4.73. The zero-order valence-electron chi connectivity index (χ0n) is 16.4. The molecule has 0 saturated carbocycles. The summed E-state index contributed by atoms with van der Waals surface area (Å²) in [7, 11) is 0. The number of para-hydroxylation sites is 1. The third-order valence-corrected chi connectivity index (χ3v) is 4.73. The van der Waals surface area contributed by atoms with Crippen LogP contribution in [0.4, 0.5) is 11.4 Å². The number of nitrogens with one attached hydrogen (secondary N) is 2. The molecule has 0 saturated heterocycles. The van der Waals surface area contributed by atoms with Gasteiger partial charge < -0.3 is 10.6 Å². The van der Waals surface area contributed by atoms with Crippen molar-refractivity contribution in [3.63, 3.8) is 0 Å². The second-order valence-electron chi connectivity index (χ2n) is 7.57. The molecule has 0 spiro atoms.